The number of amides is 1. The molecule has 1 amide bonds. The summed E-state index contributed by atoms with van der Waals surface area (Å²) in [5.41, 5.74) is -0.366. The van der Waals surface area contributed by atoms with Gasteiger partial charge in [0, 0.05) is 17.1 Å². The molecule has 0 radical (unpaired) electrons. The molecule has 0 unspecified atom stereocenters. The SMILES string of the molecule is CCN(C(=O)C=Cc1ccccc1Br)C(C)(C)C(=O)O. The minimum Gasteiger partial charge on any atom is -0.480 e. The number of carbonyl (C=O) groups is 2. The number of rotatable bonds is 5. The van der Waals surface area contributed by atoms with Crippen molar-refractivity contribution in [2.45, 2.75) is 26.3 Å². The highest BCUT2D eigenvalue weighted by Gasteiger charge is 2.35. The average Bonchev–Trinajstić information content (AvgIpc) is 2.38. The fraction of sp³-hybridized carbons (Fsp3) is 0.333. The van der Waals surface area contributed by atoms with E-state index in [0.29, 0.717) is 6.54 Å². The Bertz CT molecular complexity index is 538. The largest absolute Gasteiger partial charge is 0.480 e. The Balaban J connectivity index is 2.94. The molecule has 0 aliphatic heterocycles. The molecule has 108 valence electrons. The highest BCUT2D eigenvalue weighted by molar-refractivity contribution is 9.10. The van der Waals surface area contributed by atoms with Gasteiger partial charge in [0.15, 0.2) is 0 Å². The van der Waals surface area contributed by atoms with Crippen LogP contribution in [0.2, 0.25) is 0 Å². The van der Waals surface area contributed by atoms with Crippen LogP contribution in [0, 0.1) is 0 Å². The van der Waals surface area contributed by atoms with Crippen molar-refractivity contribution in [2.24, 2.45) is 0 Å². The highest BCUT2D eigenvalue weighted by Crippen LogP contribution is 2.19. The van der Waals surface area contributed by atoms with Gasteiger partial charge >= 0.3 is 5.97 Å². The van der Waals surface area contributed by atoms with Crippen molar-refractivity contribution in [3.8, 4) is 0 Å². The highest BCUT2D eigenvalue weighted by atomic mass is 79.9. The third kappa shape index (κ3) is 3.70. The lowest BCUT2D eigenvalue weighted by Crippen LogP contribution is -2.52. The second-order valence-electron chi connectivity index (χ2n) is 4.80. The van der Waals surface area contributed by atoms with E-state index in [1.54, 1.807) is 13.0 Å². The van der Waals surface area contributed by atoms with E-state index < -0.39 is 11.5 Å². The molecule has 0 aliphatic rings. The second kappa shape index (κ2) is 6.70. The summed E-state index contributed by atoms with van der Waals surface area (Å²) in [5, 5.41) is 9.20. The molecule has 1 aromatic rings. The lowest BCUT2D eigenvalue weighted by molar-refractivity contribution is -0.154. The first-order valence-electron chi connectivity index (χ1n) is 6.28. The van der Waals surface area contributed by atoms with E-state index in [2.05, 4.69) is 15.9 Å². The first-order chi connectivity index (χ1) is 9.30. The maximum Gasteiger partial charge on any atom is 0.329 e. The minimum atomic E-state index is -1.23. The fourth-order valence-electron chi connectivity index (χ4n) is 1.80. The molecule has 0 saturated carbocycles. The van der Waals surface area contributed by atoms with Crippen LogP contribution in [-0.4, -0.2) is 34.0 Å². The normalized spacial score (nSPS) is 11.6. The van der Waals surface area contributed by atoms with E-state index in [9.17, 15) is 14.7 Å². The Hall–Kier alpha value is -1.62. The number of aliphatic carboxylic acids is 1. The van der Waals surface area contributed by atoms with Crippen LogP contribution in [0.1, 0.15) is 26.3 Å². The molecule has 1 aromatic carbocycles. The first kappa shape index (κ1) is 16.4. The Kier molecular flexibility index (Phi) is 5.51. The zero-order chi connectivity index (χ0) is 15.3. The number of carboxylic acids is 1. The van der Waals surface area contributed by atoms with Crippen LogP contribution >= 0.6 is 15.9 Å². The van der Waals surface area contributed by atoms with E-state index in [1.807, 2.05) is 24.3 Å². The van der Waals surface area contributed by atoms with Crippen molar-refractivity contribution >= 4 is 33.9 Å². The number of hydrogen-bond acceptors (Lipinski definition) is 2. The number of hydrogen-bond donors (Lipinski definition) is 1. The van der Waals surface area contributed by atoms with Gasteiger partial charge in [0.2, 0.25) is 5.91 Å². The number of halogens is 1. The number of benzene rings is 1. The van der Waals surface area contributed by atoms with Gasteiger partial charge in [-0.25, -0.2) is 4.79 Å². The van der Waals surface area contributed by atoms with Gasteiger partial charge in [0.05, 0.1) is 0 Å². The summed E-state index contributed by atoms with van der Waals surface area (Å²) >= 11 is 3.39. The van der Waals surface area contributed by atoms with Crippen molar-refractivity contribution in [3.05, 3.63) is 40.4 Å². The molecule has 0 bridgehead atoms. The standard InChI is InChI=1S/C15H18BrNO3/c1-4-17(15(2,3)14(19)20)13(18)10-9-11-7-5-6-8-12(11)16/h5-10H,4H2,1-3H3,(H,19,20). The molecular weight excluding hydrogens is 322 g/mol. The van der Waals surface area contributed by atoms with Gasteiger partial charge in [0.1, 0.15) is 5.54 Å². The van der Waals surface area contributed by atoms with E-state index in [4.69, 9.17) is 0 Å². The Labute approximate surface area is 127 Å². The fourth-order valence-corrected chi connectivity index (χ4v) is 2.22. The van der Waals surface area contributed by atoms with Crippen molar-refractivity contribution in [2.75, 3.05) is 6.54 Å². The molecule has 0 spiro atoms. The van der Waals surface area contributed by atoms with Crippen LogP contribution < -0.4 is 0 Å². The summed E-state index contributed by atoms with van der Waals surface area (Å²) in [6, 6.07) is 7.50. The Morgan fingerprint density at radius 2 is 1.95 bits per heavy atom. The van der Waals surface area contributed by atoms with Crippen LogP contribution in [0.3, 0.4) is 0 Å². The van der Waals surface area contributed by atoms with Crippen LogP contribution in [0.5, 0.6) is 0 Å². The minimum absolute atomic E-state index is 0.323. The third-order valence-electron chi connectivity index (χ3n) is 3.09. The molecule has 0 saturated heterocycles. The van der Waals surface area contributed by atoms with Crippen LogP contribution in [0.15, 0.2) is 34.8 Å². The zero-order valence-corrected chi connectivity index (χ0v) is 13.3. The summed E-state index contributed by atoms with van der Waals surface area (Å²) in [6.07, 6.45) is 3.07. The summed E-state index contributed by atoms with van der Waals surface area (Å²) < 4.78 is 0.879. The van der Waals surface area contributed by atoms with E-state index in [-0.39, 0.29) is 5.91 Å². The Morgan fingerprint density at radius 1 is 1.35 bits per heavy atom. The number of likely N-dealkylation sites (N-methyl/N-ethyl adjacent to an activating group) is 1. The maximum atomic E-state index is 12.2. The monoisotopic (exact) mass is 339 g/mol. The van der Waals surface area contributed by atoms with Crippen LogP contribution in [-0.2, 0) is 9.59 Å². The van der Waals surface area contributed by atoms with Gasteiger partial charge in [-0.3, -0.25) is 4.79 Å². The van der Waals surface area contributed by atoms with Crippen LogP contribution in [0.25, 0.3) is 6.08 Å². The van der Waals surface area contributed by atoms with Gasteiger partial charge in [-0.2, -0.15) is 0 Å². The zero-order valence-electron chi connectivity index (χ0n) is 11.8. The van der Waals surface area contributed by atoms with Crippen LogP contribution in [0.4, 0.5) is 0 Å². The van der Waals surface area contributed by atoms with Crippen molar-refractivity contribution in [1.29, 1.82) is 0 Å². The predicted molar refractivity (Wildman–Crippen MR) is 82.3 cm³/mol. The molecule has 0 fully saturated rings. The summed E-state index contributed by atoms with van der Waals surface area (Å²) in [7, 11) is 0. The molecule has 0 aromatic heterocycles. The molecule has 1 rings (SSSR count). The van der Waals surface area contributed by atoms with E-state index in [1.165, 1.54) is 24.8 Å². The molecule has 0 aliphatic carbocycles. The number of carbonyl (C=O) groups excluding carboxylic acids is 1. The molecule has 5 heteroatoms. The maximum absolute atomic E-state index is 12.2. The molecular formula is C15H18BrNO3. The predicted octanol–water partition coefficient (Wildman–Crippen LogP) is 3.17. The molecule has 0 atom stereocenters. The smallest absolute Gasteiger partial charge is 0.329 e. The molecule has 1 N–H and O–H groups in total. The summed E-state index contributed by atoms with van der Waals surface area (Å²) in [5.74, 6) is -1.35. The number of nitrogens with zero attached hydrogens (tertiary/aromatic N) is 1. The summed E-state index contributed by atoms with van der Waals surface area (Å²) in [4.78, 5) is 24.7. The lowest BCUT2D eigenvalue weighted by atomic mass is 10.0. The molecule has 0 heterocycles. The number of carboxylic acid groups (broad SMARTS) is 1. The van der Waals surface area contributed by atoms with E-state index >= 15 is 0 Å². The van der Waals surface area contributed by atoms with Gasteiger partial charge in [-0.15, -0.1) is 0 Å². The van der Waals surface area contributed by atoms with Crippen molar-refractivity contribution in [3.63, 3.8) is 0 Å². The molecule has 20 heavy (non-hydrogen) atoms. The van der Waals surface area contributed by atoms with Crippen molar-refractivity contribution < 1.29 is 14.7 Å². The first-order valence-corrected chi connectivity index (χ1v) is 7.07. The van der Waals surface area contributed by atoms with Gasteiger partial charge in [-0.1, -0.05) is 34.1 Å². The van der Waals surface area contributed by atoms with Gasteiger partial charge in [0.25, 0.3) is 0 Å². The van der Waals surface area contributed by atoms with Gasteiger partial charge in [-0.05, 0) is 38.5 Å². The van der Waals surface area contributed by atoms with Gasteiger partial charge < -0.3 is 10.0 Å². The Morgan fingerprint density at radius 3 is 2.45 bits per heavy atom. The topological polar surface area (TPSA) is 57.6 Å². The molecule has 4 nitrogen and oxygen atoms in total. The third-order valence-corrected chi connectivity index (χ3v) is 3.81. The van der Waals surface area contributed by atoms with Crippen molar-refractivity contribution in [1.82, 2.24) is 4.90 Å². The second-order valence-corrected chi connectivity index (χ2v) is 5.66. The van der Waals surface area contributed by atoms with E-state index in [0.717, 1.165) is 10.0 Å². The lowest BCUT2D eigenvalue weighted by Gasteiger charge is -2.33. The quantitative estimate of drug-likeness (QED) is 0.838. The summed E-state index contributed by atoms with van der Waals surface area (Å²) in [6.45, 7) is 5.12. The average molecular weight is 340 g/mol.